The first-order valence-corrected chi connectivity index (χ1v) is 8.83. The SMILES string of the molecule is CCn1ncc(Cl)c1CN(C)S(=O)(=O)c1cc(C)ccc1C. The molecule has 0 amide bonds. The predicted octanol–water partition coefficient (Wildman–Crippen LogP) is 2.99. The molecular weight excluding hydrogens is 322 g/mol. The first-order chi connectivity index (χ1) is 10.3. The number of aromatic nitrogens is 2. The molecule has 0 aliphatic carbocycles. The van der Waals surface area contributed by atoms with Crippen LogP contribution in [0.4, 0.5) is 0 Å². The van der Waals surface area contributed by atoms with Crippen LogP contribution in [0.2, 0.25) is 5.02 Å². The van der Waals surface area contributed by atoms with Gasteiger partial charge in [-0.3, -0.25) is 4.68 Å². The molecule has 0 fully saturated rings. The molecule has 0 saturated heterocycles. The number of hydrogen-bond acceptors (Lipinski definition) is 3. The highest BCUT2D eigenvalue weighted by atomic mass is 35.5. The number of halogens is 1. The molecule has 1 heterocycles. The van der Waals surface area contributed by atoms with Crippen LogP contribution >= 0.6 is 11.6 Å². The van der Waals surface area contributed by atoms with Crippen LogP contribution in [0.1, 0.15) is 23.7 Å². The van der Waals surface area contributed by atoms with Crippen LogP contribution in [-0.2, 0) is 23.1 Å². The largest absolute Gasteiger partial charge is 0.267 e. The normalized spacial score (nSPS) is 12.1. The summed E-state index contributed by atoms with van der Waals surface area (Å²) in [6.07, 6.45) is 1.54. The van der Waals surface area contributed by atoms with E-state index in [4.69, 9.17) is 11.6 Å². The summed E-state index contributed by atoms with van der Waals surface area (Å²) in [6, 6.07) is 5.41. The van der Waals surface area contributed by atoms with Gasteiger partial charge in [0.1, 0.15) is 0 Å². The van der Waals surface area contributed by atoms with Crippen LogP contribution in [-0.4, -0.2) is 29.6 Å². The van der Waals surface area contributed by atoms with Gasteiger partial charge in [0.25, 0.3) is 0 Å². The molecule has 1 aromatic carbocycles. The lowest BCUT2D eigenvalue weighted by Gasteiger charge is -2.19. The van der Waals surface area contributed by atoms with Crippen molar-refractivity contribution in [1.82, 2.24) is 14.1 Å². The third-order valence-corrected chi connectivity index (χ3v) is 5.86. The van der Waals surface area contributed by atoms with Crippen molar-refractivity contribution in [2.75, 3.05) is 7.05 Å². The predicted molar refractivity (Wildman–Crippen MR) is 87.5 cm³/mol. The van der Waals surface area contributed by atoms with Crippen LogP contribution < -0.4 is 0 Å². The van der Waals surface area contributed by atoms with E-state index in [0.29, 0.717) is 22.2 Å². The summed E-state index contributed by atoms with van der Waals surface area (Å²) in [5.41, 5.74) is 2.34. The minimum Gasteiger partial charge on any atom is -0.267 e. The Morgan fingerprint density at radius 3 is 2.64 bits per heavy atom. The van der Waals surface area contributed by atoms with Crippen molar-refractivity contribution >= 4 is 21.6 Å². The van der Waals surface area contributed by atoms with Gasteiger partial charge in [0, 0.05) is 13.6 Å². The molecule has 22 heavy (non-hydrogen) atoms. The molecule has 0 spiro atoms. The summed E-state index contributed by atoms with van der Waals surface area (Å²) < 4.78 is 28.6. The molecule has 0 radical (unpaired) electrons. The minimum absolute atomic E-state index is 0.183. The van der Waals surface area contributed by atoms with Crippen molar-refractivity contribution in [3.8, 4) is 0 Å². The third-order valence-electron chi connectivity index (χ3n) is 3.60. The van der Waals surface area contributed by atoms with Crippen LogP contribution in [0.25, 0.3) is 0 Å². The molecule has 2 rings (SSSR count). The number of nitrogens with zero attached hydrogens (tertiary/aromatic N) is 3. The molecule has 0 bridgehead atoms. The lowest BCUT2D eigenvalue weighted by molar-refractivity contribution is 0.447. The van der Waals surface area contributed by atoms with E-state index < -0.39 is 10.0 Å². The molecule has 5 nitrogen and oxygen atoms in total. The minimum atomic E-state index is -3.58. The average molecular weight is 342 g/mol. The smallest absolute Gasteiger partial charge is 0.243 e. The maximum Gasteiger partial charge on any atom is 0.243 e. The number of aryl methyl sites for hydroxylation is 3. The van der Waals surface area contributed by atoms with Gasteiger partial charge in [0.05, 0.1) is 28.4 Å². The summed E-state index contributed by atoms with van der Waals surface area (Å²) in [5, 5.41) is 4.61. The molecule has 1 aromatic heterocycles. The monoisotopic (exact) mass is 341 g/mol. The van der Waals surface area contributed by atoms with Crippen LogP contribution in [0.5, 0.6) is 0 Å². The second-order valence-electron chi connectivity index (χ2n) is 5.28. The second-order valence-corrected chi connectivity index (χ2v) is 7.71. The Morgan fingerprint density at radius 1 is 1.32 bits per heavy atom. The van der Waals surface area contributed by atoms with Gasteiger partial charge < -0.3 is 0 Å². The fourth-order valence-electron chi connectivity index (χ4n) is 2.27. The van der Waals surface area contributed by atoms with E-state index >= 15 is 0 Å². The van der Waals surface area contributed by atoms with Crippen molar-refractivity contribution in [1.29, 1.82) is 0 Å². The second kappa shape index (κ2) is 6.40. The molecule has 0 atom stereocenters. The maximum atomic E-state index is 12.8. The van der Waals surface area contributed by atoms with Crippen LogP contribution in [0.15, 0.2) is 29.3 Å². The van der Waals surface area contributed by atoms with E-state index in [-0.39, 0.29) is 6.54 Å². The van der Waals surface area contributed by atoms with Gasteiger partial charge in [-0.2, -0.15) is 9.40 Å². The molecule has 120 valence electrons. The Bertz CT molecular complexity index is 784. The van der Waals surface area contributed by atoms with Crippen molar-refractivity contribution in [2.45, 2.75) is 38.8 Å². The molecule has 0 saturated carbocycles. The van der Waals surface area contributed by atoms with Gasteiger partial charge >= 0.3 is 0 Å². The molecular formula is C15H20ClN3O2S. The zero-order chi connectivity index (χ0) is 16.5. The van der Waals surface area contributed by atoms with E-state index in [1.54, 1.807) is 30.9 Å². The molecule has 7 heteroatoms. The highest BCUT2D eigenvalue weighted by molar-refractivity contribution is 7.89. The zero-order valence-electron chi connectivity index (χ0n) is 13.2. The highest BCUT2D eigenvalue weighted by Crippen LogP contribution is 2.24. The first-order valence-electron chi connectivity index (χ1n) is 7.01. The topological polar surface area (TPSA) is 55.2 Å². The lowest BCUT2D eigenvalue weighted by atomic mass is 10.2. The zero-order valence-corrected chi connectivity index (χ0v) is 14.7. The summed E-state index contributed by atoms with van der Waals surface area (Å²) in [4.78, 5) is 0.327. The van der Waals surface area contributed by atoms with E-state index in [2.05, 4.69) is 5.10 Å². The van der Waals surface area contributed by atoms with Gasteiger partial charge in [-0.05, 0) is 38.0 Å². The Balaban J connectivity index is 2.37. The van der Waals surface area contributed by atoms with Gasteiger partial charge in [-0.15, -0.1) is 0 Å². The standard InChI is InChI=1S/C15H20ClN3O2S/c1-5-19-14(13(16)9-17-19)10-18(4)22(20,21)15-8-11(2)6-7-12(15)3/h6-9H,5,10H2,1-4H3. The molecule has 0 aliphatic rings. The summed E-state index contributed by atoms with van der Waals surface area (Å²) in [5.74, 6) is 0. The van der Waals surface area contributed by atoms with Gasteiger partial charge in [0.2, 0.25) is 10.0 Å². The Kier molecular flexibility index (Phi) is 4.94. The molecule has 0 aliphatic heterocycles. The quantitative estimate of drug-likeness (QED) is 0.840. The fraction of sp³-hybridized carbons (Fsp3) is 0.400. The third kappa shape index (κ3) is 3.19. The number of sulfonamides is 1. The molecule has 0 N–H and O–H groups in total. The molecule has 0 unspecified atom stereocenters. The fourth-order valence-corrected chi connectivity index (χ4v) is 3.91. The van der Waals surface area contributed by atoms with Gasteiger partial charge in [-0.25, -0.2) is 8.42 Å². The van der Waals surface area contributed by atoms with Gasteiger partial charge in [-0.1, -0.05) is 23.7 Å². The van der Waals surface area contributed by atoms with E-state index in [0.717, 1.165) is 11.1 Å². The Morgan fingerprint density at radius 2 is 2.00 bits per heavy atom. The number of hydrogen-bond donors (Lipinski definition) is 0. The van der Waals surface area contributed by atoms with Crippen molar-refractivity contribution in [3.63, 3.8) is 0 Å². The summed E-state index contributed by atoms with van der Waals surface area (Å²) in [6.45, 7) is 6.43. The van der Waals surface area contributed by atoms with Crippen LogP contribution in [0.3, 0.4) is 0 Å². The lowest BCUT2D eigenvalue weighted by Crippen LogP contribution is -2.28. The Hall–Kier alpha value is -1.37. The van der Waals surface area contributed by atoms with E-state index in [1.807, 2.05) is 26.0 Å². The number of benzene rings is 1. The molecule has 2 aromatic rings. The Labute approximate surface area is 136 Å². The van der Waals surface area contributed by atoms with Crippen molar-refractivity contribution in [3.05, 3.63) is 46.2 Å². The highest BCUT2D eigenvalue weighted by Gasteiger charge is 2.25. The van der Waals surface area contributed by atoms with Crippen molar-refractivity contribution < 1.29 is 8.42 Å². The van der Waals surface area contributed by atoms with Crippen LogP contribution in [0, 0.1) is 13.8 Å². The first kappa shape index (κ1) is 17.0. The van der Waals surface area contributed by atoms with Crippen molar-refractivity contribution in [2.24, 2.45) is 0 Å². The number of rotatable bonds is 5. The van der Waals surface area contributed by atoms with E-state index in [1.165, 1.54) is 4.31 Å². The summed E-state index contributed by atoms with van der Waals surface area (Å²) >= 11 is 6.12. The summed E-state index contributed by atoms with van der Waals surface area (Å²) in [7, 11) is -2.02. The maximum absolute atomic E-state index is 12.8. The average Bonchev–Trinajstić information content (AvgIpc) is 2.82. The van der Waals surface area contributed by atoms with E-state index in [9.17, 15) is 8.42 Å². The van der Waals surface area contributed by atoms with Gasteiger partial charge in [0.15, 0.2) is 0 Å².